The molecule has 0 saturated carbocycles. The minimum Gasteiger partial charge on any atom is -0.463 e. The number of ether oxygens (including phenoxy) is 2. The van der Waals surface area contributed by atoms with Gasteiger partial charge in [-0.25, -0.2) is 0 Å². The summed E-state index contributed by atoms with van der Waals surface area (Å²) in [5, 5.41) is 10.0. The van der Waals surface area contributed by atoms with Gasteiger partial charge in [0.15, 0.2) is 0 Å². The molecule has 0 aliphatic carbocycles. The van der Waals surface area contributed by atoms with Gasteiger partial charge < -0.3 is 14.6 Å². The molecule has 0 heterocycles. The molecule has 0 aromatic rings. The molecule has 0 saturated heterocycles. The zero-order chi connectivity index (χ0) is 37.8. The first-order chi connectivity index (χ1) is 25.6. The Kier molecular flexibility index (Phi) is 38.8. The summed E-state index contributed by atoms with van der Waals surface area (Å²) in [6.07, 6.45) is 61.1. The van der Waals surface area contributed by atoms with E-state index in [0.29, 0.717) is 12.8 Å². The van der Waals surface area contributed by atoms with Crippen molar-refractivity contribution in [3.05, 3.63) is 122 Å². The first-order valence-corrected chi connectivity index (χ1v) is 20.1. The van der Waals surface area contributed by atoms with Crippen LogP contribution in [-0.2, 0) is 19.1 Å². The second-order valence-electron chi connectivity index (χ2n) is 12.6. The van der Waals surface area contributed by atoms with E-state index in [-0.39, 0.29) is 25.2 Å². The Morgan fingerprint density at radius 2 is 0.673 bits per heavy atom. The number of carbonyl (C=O) groups is 2. The van der Waals surface area contributed by atoms with Crippen molar-refractivity contribution in [2.75, 3.05) is 13.2 Å². The average Bonchev–Trinajstić information content (AvgIpc) is 3.15. The maximum atomic E-state index is 12.0. The van der Waals surface area contributed by atoms with E-state index in [0.717, 1.165) is 116 Å². The highest BCUT2D eigenvalue weighted by atomic mass is 16.6. The third kappa shape index (κ3) is 40.7. The molecular formula is C47H72O5. The molecule has 1 N–H and O–H groups in total. The summed E-state index contributed by atoms with van der Waals surface area (Å²) in [6.45, 7) is 3.99. The van der Waals surface area contributed by atoms with Crippen LogP contribution in [0.2, 0.25) is 0 Å². The van der Waals surface area contributed by atoms with E-state index in [1.165, 1.54) is 0 Å². The van der Waals surface area contributed by atoms with Crippen LogP contribution in [0.5, 0.6) is 0 Å². The van der Waals surface area contributed by atoms with Crippen molar-refractivity contribution in [1.82, 2.24) is 0 Å². The Bertz CT molecular complexity index is 1040. The van der Waals surface area contributed by atoms with Crippen molar-refractivity contribution < 1.29 is 24.2 Å². The highest BCUT2D eigenvalue weighted by molar-refractivity contribution is 5.69. The third-order valence-electron chi connectivity index (χ3n) is 7.69. The smallest absolute Gasteiger partial charge is 0.305 e. The second-order valence-corrected chi connectivity index (χ2v) is 12.6. The van der Waals surface area contributed by atoms with Gasteiger partial charge in [-0.2, -0.15) is 0 Å². The Labute approximate surface area is 318 Å². The zero-order valence-electron chi connectivity index (χ0n) is 32.8. The van der Waals surface area contributed by atoms with Crippen molar-refractivity contribution in [2.24, 2.45) is 0 Å². The van der Waals surface area contributed by atoms with Gasteiger partial charge in [0.25, 0.3) is 0 Å². The third-order valence-corrected chi connectivity index (χ3v) is 7.69. The van der Waals surface area contributed by atoms with E-state index >= 15 is 0 Å². The lowest BCUT2D eigenvalue weighted by Gasteiger charge is -2.12. The van der Waals surface area contributed by atoms with Crippen LogP contribution >= 0.6 is 0 Å². The Balaban J connectivity index is 3.63. The second kappa shape index (κ2) is 41.7. The zero-order valence-corrected chi connectivity index (χ0v) is 32.8. The lowest BCUT2D eigenvalue weighted by molar-refractivity contribution is -0.152. The van der Waals surface area contributed by atoms with Crippen molar-refractivity contribution in [3.63, 3.8) is 0 Å². The molecule has 0 rings (SSSR count). The van der Waals surface area contributed by atoms with Crippen LogP contribution in [0.25, 0.3) is 0 Å². The lowest BCUT2D eigenvalue weighted by atomic mass is 10.1. The topological polar surface area (TPSA) is 72.8 Å². The Morgan fingerprint density at radius 3 is 0.962 bits per heavy atom. The van der Waals surface area contributed by atoms with Crippen LogP contribution in [-0.4, -0.2) is 36.4 Å². The lowest BCUT2D eigenvalue weighted by Crippen LogP contribution is -2.25. The Hall–Kier alpha value is -3.70. The molecule has 0 aliphatic heterocycles. The summed E-state index contributed by atoms with van der Waals surface area (Å²) in [4.78, 5) is 24.0. The number of esters is 2. The monoisotopic (exact) mass is 717 g/mol. The highest BCUT2D eigenvalue weighted by Gasteiger charge is 2.12. The first kappa shape index (κ1) is 48.3. The van der Waals surface area contributed by atoms with Crippen LogP contribution < -0.4 is 0 Å². The number of hydrogen-bond acceptors (Lipinski definition) is 5. The molecule has 0 aromatic carbocycles. The summed E-state index contributed by atoms with van der Waals surface area (Å²) < 4.78 is 10.3. The van der Waals surface area contributed by atoms with Crippen LogP contribution in [0.15, 0.2) is 122 Å². The fourth-order valence-electron chi connectivity index (χ4n) is 4.72. The molecular weight excluding hydrogens is 645 g/mol. The number of aliphatic hydroxyl groups excluding tert-OH is 1. The number of hydrogen-bond donors (Lipinski definition) is 1. The molecule has 5 nitrogen and oxygen atoms in total. The van der Waals surface area contributed by atoms with Gasteiger partial charge in [0.05, 0.1) is 0 Å². The molecule has 0 amide bonds. The van der Waals surface area contributed by atoms with E-state index < -0.39 is 6.10 Å². The molecule has 0 aliphatic rings. The highest BCUT2D eigenvalue weighted by Crippen LogP contribution is 2.08. The minimum absolute atomic E-state index is 0.153. The van der Waals surface area contributed by atoms with Crippen LogP contribution in [0.1, 0.15) is 142 Å². The molecule has 290 valence electrons. The van der Waals surface area contributed by atoms with Gasteiger partial charge in [-0.1, -0.05) is 148 Å². The van der Waals surface area contributed by atoms with Crippen LogP contribution in [0.3, 0.4) is 0 Å². The summed E-state index contributed by atoms with van der Waals surface area (Å²) in [5.41, 5.74) is 0. The normalized spacial score (nSPS) is 13.0. The summed E-state index contributed by atoms with van der Waals surface area (Å²) in [6, 6.07) is 0. The van der Waals surface area contributed by atoms with Crippen LogP contribution in [0, 0.1) is 0 Å². The van der Waals surface area contributed by atoms with Crippen molar-refractivity contribution in [1.29, 1.82) is 0 Å². The van der Waals surface area contributed by atoms with Gasteiger partial charge in [0.1, 0.15) is 19.3 Å². The molecule has 0 aromatic heterocycles. The fraction of sp³-hybridized carbons (Fsp3) is 0.532. The maximum Gasteiger partial charge on any atom is 0.305 e. The summed E-state index contributed by atoms with van der Waals surface area (Å²) in [5.74, 6) is -0.652. The largest absolute Gasteiger partial charge is 0.463 e. The van der Waals surface area contributed by atoms with Crippen molar-refractivity contribution in [2.45, 2.75) is 148 Å². The number of unbranched alkanes of at least 4 members (excludes halogenated alkanes) is 6. The number of aliphatic hydroxyl groups is 1. The number of allylic oxidation sites excluding steroid dienone is 20. The molecule has 0 spiro atoms. The molecule has 0 fully saturated rings. The van der Waals surface area contributed by atoms with Gasteiger partial charge in [0, 0.05) is 12.8 Å². The molecule has 0 atom stereocenters. The van der Waals surface area contributed by atoms with Crippen LogP contribution in [0.4, 0.5) is 0 Å². The molecule has 0 radical (unpaired) electrons. The predicted molar refractivity (Wildman–Crippen MR) is 223 cm³/mol. The number of rotatable bonds is 34. The first-order valence-electron chi connectivity index (χ1n) is 20.1. The van der Waals surface area contributed by atoms with Crippen molar-refractivity contribution >= 4 is 11.9 Å². The van der Waals surface area contributed by atoms with Gasteiger partial charge in [-0.3, -0.25) is 9.59 Å². The number of carbonyl (C=O) groups excluding carboxylic acids is 2. The maximum absolute atomic E-state index is 12.0. The van der Waals surface area contributed by atoms with E-state index in [1.807, 2.05) is 0 Å². The Morgan fingerprint density at radius 1 is 0.404 bits per heavy atom. The molecule has 52 heavy (non-hydrogen) atoms. The SMILES string of the molecule is CC/C=C\C/C=C\C/C=C\C/C=C\C/C=C\CCCCCC(=O)OCC(O)COC(=O)CCCCC/C=C\C/C=C\C/C=C\C/C=C\C/C=C\CC. The summed E-state index contributed by atoms with van der Waals surface area (Å²) in [7, 11) is 0. The van der Waals surface area contributed by atoms with E-state index in [1.54, 1.807) is 0 Å². The van der Waals surface area contributed by atoms with Gasteiger partial charge >= 0.3 is 11.9 Å². The molecule has 0 unspecified atom stereocenters. The minimum atomic E-state index is -1.00. The van der Waals surface area contributed by atoms with Gasteiger partial charge in [0.2, 0.25) is 0 Å². The van der Waals surface area contributed by atoms with E-state index in [4.69, 9.17) is 9.47 Å². The van der Waals surface area contributed by atoms with E-state index in [2.05, 4.69) is 135 Å². The molecule has 0 bridgehead atoms. The van der Waals surface area contributed by atoms with Gasteiger partial charge in [-0.15, -0.1) is 0 Å². The molecule has 5 heteroatoms. The fourth-order valence-corrected chi connectivity index (χ4v) is 4.72. The van der Waals surface area contributed by atoms with Crippen molar-refractivity contribution in [3.8, 4) is 0 Å². The summed E-state index contributed by atoms with van der Waals surface area (Å²) >= 11 is 0. The van der Waals surface area contributed by atoms with E-state index in [9.17, 15) is 14.7 Å². The predicted octanol–water partition coefficient (Wildman–Crippen LogP) is 12.8. The standard InChI is InChI=1S/C47H72O5/c1-3-5-7-9-11-13-15-17-19-21-23-25-27-29-31-33-35-37-39-41-46(49)51-43-45(48)44-52-47(50)42-40-38-36-34-32-30-28-26-24-22-20-18-16-14-12-10-8-6-4-2/h5-8,11-14,17-20,23-26,29-32,45,48H,3-4,9-10,15-16,21-22,27-28,33-44H2,1-2H3/b7-5-,8-6-,13-11-,14-12-,19-17-,20-18-,25-23-,26-24-,31-29-,32-30-. The average molecular weight is 717 g/mol. The quantitative estimate of drug-likeness (QED) is 0.0408. The van der Waals surface area contributed by atoms with Gasteiger partial charge in [-0.05, 0) is 103 Å².